The molecular formula is C12H22. The monoisotopic (exact) mass is 166 g/mol. The van der Waals surface area contributed by atoms with Crippen LogP contribution in [0.25, 0.3) is 0 Å². The highest BCUT2D eigenvalue weighted by Gasteiger charge is 1.93. The van der Waals surface area contributed by atoms with Crippen molar-refractivity contribution >= 4 is 0 Å². The van der Waals surface area contributed by atoms with Crippen LogP contribution in [0.2, 0.25) is 0 Å². The standard InChI is InChI=1S/C12H22/c1-5-8-12(4)10-7-9-11(3)6-2/h5,7-9,11-12H,6,10H2,1-4H3. The Hall–Kier alpha value is -0.520. The topological polar surface area (TPSA) is 0 Å². The zero-order chi connectivity index (χ0) is 9.40. The van der Waals surface area contributed by atoms with E-state index in [0.717, 1.165) is 5.92 Å². The molecule has 0 saturated carbocycles. The van der Waals surface area contributed by atoms with E-state index in [1.54, 1.807) is 0 Å². The molecule has 0 spiro atoms. The lowest BCUT2D eigenvalue weighted by Crippen LogP contribution is -1.88. The molecule has 0 aliphatic rings. The quantitative estimate of drug-likeness (QED) is 0.537. The van der Waals surface area contributed by atoms with Gasteiger partial charge in [0.25, 0.3) is 0 Å². The normalized spacial score (nSPS) is 17.3. The fourth-order valence-electron chi connectivity index (χ4n) is 1.07. The lowest BCUT2D eigenvalue weighted by Gasteiger charge is -2.02. The van der Waals surface area contributed by atoms with E-state index in [1.807, 2.05) is 0 Å². The van der Waals surface area contributed by atoms with Gasteiger partial charge in [0.2, 0.25) is 0 Å². The summed E-state index contributed by atoms with van der Waals surface area (Å²) in [6.07, 6.45) is 11.4. The SMILES string of the molecule is CC=CC(C)CC=CC(C)CC. The van der Waals surface area contributed by atoms with E-state index >= 15 is 0 Å². The van der Waals surface area contributed by atoms with E-state index in [9.17, 15) is 0 Å². The predicted molar refractivity (Wildman–Crippen MR) is 57.2 cm³/mol. The molecule has 0 amide bonds. The Labute approximate surface area is 77.4 Å². The maximum Gasteiger partial charge on any atom is -0.0227 e. The van der Waals surface area contributed by atoms with Crippen molar-refractivity contribution in [3.8, 4) is 0 Å². The number of rotatable bonds is 5. The molecule has 0 nitrogen and oxygen atoms in total. The average molecular weight is 166 g/mol. The third-order valence-corrected chi connectivity index (χ3v) is 2.14. The van der Waals surface area contributed by atoms with Crippen LogP contribution in [0.5, 0.6) is 0 Å². The fraction of sp³-hybridized carbons (Fsp3) is 0.667. The van der Waals surface area contributed by atoms with Crippen molar-refractivity contribution in [1.82, 2.24) is 0 Å². The Kier molecular flexibility index (Phi) is 6.84. The molecule has 0 aromatic heterocycles. The Morgan fingerprint density at radius 2 is 1.75 bits per heavy atom. The largest absolute Gasteiger partial charge is 0.0914 e. The van der Waals surface area contributed by atoms with Crippen molar-refractivity contribution in [3.05, 3.63) is 24.3 Å². The molecule has 70 valence electrons. The second-order valence-electron chi connectivity index (χ2n) is 3.55. The second-order valence-corrected chi connectivity index (χ2v) is 3.55. The van der Waals surface area contributed by atoms with Gasteiger partial charge in [-0.05, 0) is 25.2 Å². The van der Waals surface area contributed by atoms with Gasteiger partial charge in [0, 0.05) is 0 Å². The highest BCUT2D eigenvalue weighted by molar-refractivity contribution is 4.92. The van der Waals surface area contributed by atoms with Crippen molar-refractivity contribution in [2.24, 2.45) is 11.8 Å². The molecule has 0 aliphatic heterocycles. The predicted octanol–water partition coefficient (Wildman–Crippen LogP) is 4.19. The second kappa shape index (κ2) is 7.15. The van der Waals surface area contributed by atoms with Gasteiger partial charge >= 0.3 is 0 Å². The van der Waals surface area contributed by atoms with E-state index in [1.165, 1.54) is 12.8 Å². The van der Waals surface area contributed by atoms with Crippen molar-refractivity contribution in [2.75, 3.05) is 0 Å². The maximum atomic E-state index is 2.32. The van der Waals surface area contributed by atoms with Crippen LogP contribution in [-0.4, -0.2) is 0 Å². The van der Waals surface area contributed by atoms with Crippen LogP contribution in [-0.2, 0) is 0 Å². The molecule has 0 heterocycles. The van der Waals surface area contributed by atoms with Gasteiger partial charge in [-0.2, -0.15) is 0 Å². The van der Waals surface area contributed by atoms with Crippen molar-refractivity contribution in [3.63, 3.8) is 0 Å². The summed E-state index contributed by atoms with van der Waals surface area (Å²) in [5.74, 6) is 1.43. The molecule has 0 aromatic carbocycles. The van der Waals surface area contributed by atoms with Gasteiger partial charge in [-0.15, -0.1) is 0 Å². The first kappa shape index (κ1) is 11.5. The number of hydrogen-bond acceptors (Lipinski definition) is 0. The third-order valence-electron chi connectivity index (χ3n) is 2.14. The minimum atomic E-state index is 0.690. The average Bonchev–Trinajstić information content (AvgIpc) is 2.04. The van der Waals surface area contributed by atoms with Crippen LogP contribution >= 0.6 is 0 Å². The van der Waals surface area contributed by atoms with Crippen LogP contribution < -0.4 is 0 Å². The Bertz CT molecular complexity index is 142. The van der Waals surface area contributed by atoms with Gasteiger partial charge in [-0.1, -0.05) is 51.5 Å². The van der Waals surface area contributed by atoms with Gasteiger partial charge in [-0.3, -0.25) is 0 Å². The molecule has 0 heteroatoms. The third kappa shape index (κ3) is 6.21. The maximum absolute atomic E-state index is 2.32. The summed E-state index contributed by atoms with van der Waals surface area (Å²) in [6, 6.07) is 0. The molecule has 0 rings (SSSR count). The molecule has 0 radical (unpaired) electrons. The molecule has 0 saturated heterocycles. The first-order chi connectivity index (χ1) is 5.70. The molecule has 0 bridgehead atoms. The summed E-state index contributed by atoms with van der Waals surface area (Å²) in [5, 5.41) is 0. The Balaban J connectivity index is 3.59. The van der Waals surface area contributed by atoms with Crippen LogP contribution in [0.15, 0.2) is 24.3 Å². The smallest absolute Gasteiger partial charge is 0.0227 e. The van der Waals surface area contributed by atoms with Crippen LogP contribution in [0.4, 0.5) is 0 Å². The fourth-order valence-corrected chi connectivity index (χ4v) is 1.07. The molecule has 0 N–H and O–H groups in total. The van der Waals surface area contributed by atoms with Crippen LogP contribution in [0.1, 0.15) is 40.5 Å². The van der Waals surface area contributed by atoms with Gasteiger partial charge < -0.3 is 0 Å². The van der Waals surface area contributed by atoms with Gasteiger partial charge in [-0.25, -0.2) is 0 Å². The van der Waals surface area contributed by atoms with E-state index in [0.29, 0.717) is 5.92 Å². The van der Waals surface area contributed by atoms with E-state index < -0.39 is 0 Å². The lowest BCUT2D eigenvalue weighted by atomic mass is 10.0. The molecular weight excluding hydrogens is 144 g/mol. The summed E-state index contributed by atoms with van der Waals surface area (Å²) in [4.78, 5) is 0. The molecule has 0 aliphatic carbocycles. The number of hydrogen-bond donors (Lipinski definition) is 0. The summed E-state index contributed by atoms with van der Waals surface area (Å²) < 4.78 is 0. The summed E-state index contributed by atoms with van der Waals surface area (Å²) in [7, 11) is 0. The molecule has 0 aromatic rings. The van der Waals surface area contributed by atoms with Gasteiger partial charge in [0.15, 0.2) is 0 Å². The first-order valence-corrected chi connectivity index (χ1v) is 5.00. The summed E-state index contributed by atoms with van der Waals surface area (Å²) >= 11 is 0. The van der Waals surface area contributed by atoms with E-state index in [2.05, 4.69) is 52.0 Å². The molecule has 0 fully saturated rings. The van der Waals surface area contributed by atoms with Crippen molar-refractivity contribution < 1.29 is 0 Å². The lowest BCUT2D eigenvalue weighted by molar-refractivity contribution is 0.683. The first-order valence-electron chi connectivity index (χ1n) is 5.00. The van der Waals surface area contributed by atoms with Crippen molar-refractivity contribution in [2.45, 2.75) is 40.5 Å². The van der Waals surface area contributed by atoms with E-state index in [4.69, 9.17) is 0 Å². The zero-order valence-electron chi connectivity index (χ0n) is 8.88. The zero-order valence-corrected chi connectivity index (χ0v) is 8.88. The summed E-state index contributed by atoms with van der Waals surface area (Å²) in [6.45, 7) is 8.82. The Morgan fingerprint density at radius 3 is 2.25 bits per heavy atom. The highest BCUT2D eigenvalue weighted by atomic mass is 14.0. The molecule has 2 atom stereocenters. The summed E-state index contributed by atoms with van der Waals surface area (Å²) in [5.41, 5.74) is 0. The minimum Gasteiger partial charge on any atom is -0.0914 e. The van der Waals surface area contributed by atoms with Crippen LogP contribution in [0, 0.1) is 11.8 Å². The van der Waals surface area contributed by atoms with Gasteiger partial charge in [0.1, 0.15) is 0 Å². The van der Waals surface area contributed by atoms with Gasteiger partial charge in [0.05, 0.1) is 0 Å². The highest BCUT2D eigenvalue weighted by Crippen LogP contribution is 2.08. The van der Waals surface area contributed by atoms with Crippen molar-refractivity contribution in [1.29, 1.82) is 0 Å². The minimum absolute atomic E-state index is 0.690. The number of allylic oxidation sites excluding steroid dienone is 4. The van der Waals surface area contributed by atoms with E-state index in [-0.39, 0.29) is 0 Å². The molecule has 12 heavy (non-hydrogen) atoms. The van der Waals surface area contributed by atoms with Crippen LogP contribution in [0.3, 0.4) is 0 Å². The molecule has 2 unspecified atom stereocenters. The Morgan fingerprint density at radius 1 is 1.08 bits per heavy atom.